The average Bonchev–Trinajstić information content (AvgIpc) is 2.67. The van der Waals surface area contributed by atoms with Crippen LogP contribution in [0.4, 0.5) is 13.2 Å². The van der Waals surface area contributed by atoms with Crippen LogP contribution in [0.3, 0.4) is 0 Å². The highest BCUT2D eigenvalue weighted by Gasteiger charge is 2.54. The molecule has 1 aromatic carbocycles. The summed E-state index contributed by atoms with van der Waals surface area (Å²) < 4.78 is 51.5. The predicted octanol–water partition coefficient (Wildman–Crippen LogP) is 1.33. The summed E-state index contributed by atoms with van der Waals surface area (Å²) in [6.45, 7) is 5.72. The Morgan fingerprint density at radius 1 is 1.23 bits per heavy atom. The minimum atomic E-state index is -4.69. The second kappa shape index (κ2) is 8.33. The predicted molar refractivity (Wildman–Crippen MR) is 101 cm³/mol. The molecular weight excluding hydrogens is 403 g/mol. The van der Waals surface area contributed by atoms with Crippen molar-refractivity contribution >= 4 is 5.91 Å². The first kappa shape index (κ1) is 21.4. The van der Waals surface area contributed by atoms with Gasteiger partial charge in [-0.05, 0) is 17.7 Å². The second-order valence-electron chi connectivity index (χ2n) is 8.19. The Morgan fingerprint density at radius 3 is 2.63 bits per heavy atom. The second-order valence-corrected chi connectivity index (χ2v) is 8.19. The summed E-state index contributed by atoms with van der Waals surface area (Å²) in [5.41, 5.74) is 0.802. The smallest absolute Gasteiger partial charge is 0.406 e. The molecule has 0 N–H and O–H groups in total. The third kappa shape index (κ3) is 4.56. The van der Waals surface area contributed by atoms with Gasteiger partial charge in [-0.1, -0.05) is 12.1 Å². The molecule has 166 valence electrons. The number of piperazine rings is 1. The fourth-order valence-electron chi connectivity index (χ4n) is 4.83. The molecule has 0 aliphatic carbocycles. The molecule has 1 spiro atoms. The lowest BCUT2D eigenvalue weighted by Gasteiger charge is -2.63. The van der Waals surface area contributed by atoms with Crippen molar-refractivity contribution in [1.29, 1.82) is 0 Å². The van der Waals surface area contributed by atoms with Crippen LogP contribution in [0.1, 0.15) is 5.56 Å². The summed E-state index contributed by atoms with van der Waals surface area (Å²) in [5, 5.41) is 0. The van der Waals surface area contributed by atoms with Gasteiger partial charge in [0, 0.05) is 46.4 Å². The lowest BCUT2D eigenvalue weighted by atomic mass is 9.82. The minimum absolute atomic E-state index is 0.0131. The minimum Gasteiger partial charge on any atom is -0.406 e. The van der Waals surface area contributed by atoms with Gasteiger partial charge >= 0.3 is 6.36 Å². The number of methoxy groups -OCH3 is 1. The Balaban J connectivity index is 1.39. The number of benzene rings is 1. The third-order valence-corrected chi connectivity index (χ3v) is 5.97. The highest BCUT2D eigenvalue weighted by Crippen LogP contribution is 2.36. The number of fused-ring (bicyclic) bond motifs is 2. The first-order valence-corrected chi connectivity index (χ1v) is 9.96. The Labute approximate surface area is 173 Å². The number of amides is 1. The summed E-state index contributed by atoms with van der Waals surface area (Å²) in [6.07, 6.45) is -4.69. The van der Waals surface area contributed by atoms with E-state index in [2.05, 4.69) is 14.5 Å². The van der Waals surface area contributed by atoms with Crippen LogP contribution in [0, 0.1) is 0 Å². The SMILES string of the molecule is COCC(=O)N1CC2COCCN2C2(CN(Cc3ccc(OC(F)(F)F)cc3)C2)C1. The fourth-order valence-corrected chi connectivity index (χ4v) is 4.83. The van der Waals surface area contributed by atoms with Crippen molar-refractivity contribution in [2.75, 3.05) is 59.7 Å². The number of carbonyl (C=O) groups is 1. The molecule has 0 bridgehead atoms. The van der Waals surface area contributed by atoms with Crippen LogP contribution < -0.4 is 4.74 Å². The third-order valence-electron chi connectivity index (χ3n) is 5.97. The molecule has 30 heavy (non-hydrogen) atoms. The molecule has 4 rings (SSSR count). The van der Waals surface area contributed by atoms with E-state index in [0.29, 0.717) is 32.8 Å². The first-order chi connectivity index (χ1) is 14.3. The van der Waals surface area contributed by atoms with Gasteiger partial charge in [0.15, 0.2) is 0 Å². The van der Waals surface area contributed by atoms with Crippen molar-refractivity contribution in [3.05, 3.63) is 29.8 Å². The summed E-state index contributed by atoms with van der Waals surface area (Å²) in [7, 11) is 1.52. The molecule has 10 heteroatoms. The molecule has 0 aromatic heterocycles. The van der Waals surface area contributed by atoms with Crippen LogP contribution in [0.25, 0.3) is 0 Å². The van der Waals surface area contributed by atoms with Gasteiger partial charge in [-0.25, -0.2) is 0 Å². The van der Waals surface area contributed by atoms with E-state index in [1.807, 2.05) is 4.90 Å². The highest BCUT2D eigenvalue weighted by atomic mass is 19.4. The maximum Gasteiger partial charge on any atom is 0.573 e. The lowest BCUT2D eigenvalue weighted by molar-refractivity contribution is -0.274. The van der Waals surface area contributed by atoms with Crippen molar-refractivity contribution < 1.29 is 32.2 Å². The standard InChI is InChI=1S/C20H26F3N3O4/c1-28-11-18(27)25-9-16-10-29-7-6-26(16)19(14-25)12-24(13-19)8-15-2-4-17(5-3-15)30-20(21,22)23/h2-5,16H,6-14H2,1H3. The van der Waals surface area contributed by atoms with E-state index < -0.39 is 6.36 Å². The molecule has 1 atom stereocenters. The van der Waals surface area contributed by atoms with Gasteiger partial charge in [0.05, 0.1) is 24.8 Å². The molecule has 3 saturated heterocycles. The number of nitrogens with zero attached hydrogens (tertiary/aromatic N) is 3. The van der Waals surface area contributed by atoms with Crippen LogP contribution >= 0.6 is 0 Å². The van der Waals surface area contributed by atoms with E-state index in [1.54, 1.807) is 12.1 Å². The van der Waals surface area contributed by atoms with Gasteiger partial charge in [-0.2, -0.15) is 0 Å². The monoisotopic (exact) mass is 429 g/mol. The van der Waals surface area contributed by atoms with E-state index in [-0.39, 0.29) is 29.8 Å². The molecule has 3 fully saturated rings. The van der Waals surface area contributed by atoms with Crippen LogP contribution in [0.15, 0.2) is 24.3 Å². The average molecular weight is 429 g/mol. The first-order valence-electron chi connectivity index (χ1n) is 9.96. The number of carbonyl (C=O) groups excluding carboxylic acids is 1. The summed E-state index contributed by atoms with van der Waals surface area (Å²) in [5.74, 6) is -0.233. The number of ether oxygens (including phenoxy) is 3. The number of halogens is 3. The summed E-state index contributed by atoms with van der Waals surface area (Å²) in [6, 6.07) is 6.15. The number of rotatable bonds is 5. The lowest BCUT2D eigenvalue weighted by Crippen LogP contribution is -2.80. The molecule has 3 aliphatic heterocycles. The highest BCUT2D eigenvalue weighted by molar-refractivity contribution is 5.77. The Morgan fingerprint density at radius 2 is 1.97 bits per heavy atom. The fraction of sp³-hybridized carbons (Fsp3) is 0.650. The molecule has 1 aromatic rings. The molecule has 1 amide bonds. The van der Waals surface area contributed by atoms with Gasteiger partial charge in [0.2, 0.25) is 5.91 Å². The van der Waals surface area contributed by atoms with Gasteiger partial charge in [0.1, 0.15) is 12.4 Å². The molecule has 3 heterocycles. The number of hydrogen-bond donors (Lipinski definition) is 0. The summed E-state index contributed by atoms with van der Waals surface area (Å²) in [4.78, 5) is 19.0. The molecule has 1 unspecified atom stereocenters. The number of likely N-dealkylation sites (tertiary alicyclic amines) is 1. The van der Waals surface area contributed by atoms with E-state index in [9.17, 15) is 18.0 Å². The van der Waals surface area contributed by atoms with Crippen LogP contribution in [0.2, 0.25) is 0 Å². The molecule has 0 saturated carbocycles. The molecule has 0 radical (unpaired) electrons. The largest absolute Gasteiger partial charge is 0.573 e. The Bertz CT molecular complexity index is 753. The number of hydrogen-bond acceptors (Lipinski definition) is 6. The molecular formula is C20H26F3N3O4. The van der Waals surface area contributed by atoms with Crippen LogP contribution in [0.5, 0.6) is 5.75 Å². The maximum atomic E-state index is 12.4. The Kier molecular flexibility index (Phi) is 5.93. The quantitative estimate of drug-likeness (QED) is 0.704. The van der Waals surface area contributed by atoms with E-state index in [0.717, 1.165) is 25.2 Å². The number of alkyl halides is 3. The maximum absolute atomic E-state index is 12.4. The molecule has 3 aliphatic rings. The Hall–Kier alpha value is -1.88. The van der Waals surface area contributed by atoms with Crippen molar-refractivity contribution in [3.63, 3.8) is 0 Å². The van der Waals surface area contributed by atoms with E-state index in [4.69, 9.17) is 9.47 Å². The van der Waals surface area contributed by atoms with Crippen molar-refractivity contribution in [1.82, 2.24) is 14.7 Å². The zero-order valence-electron chi connectivity index (χ0n) is 16.9. The summed E-state index contributed by atoms with van der Waals surface area (Å²) >= 11 is 0. The number of morpholine rings is 1. The van der Waals surface area contributed by atoms with Gasteiger partial charge in [-0.15, -0.1) is 13.2 Å². The van der Waals surface area contributed by atoms with Crippen molar-refractivity contribution in [2.45, 2.75) is 24.5 Å². The van der Waals surface area contributed by atoms with Gasteiger partial charge in [-0.3, -0.25) is 14.6 Å². The van der Waals surface area contributed by atoms with Crippen LogP contribution in [-0.2, 0) is 20.8 Å². The molecule has 7 nitrogen and oxygen atoms in total. The van der Waals surface area contributed by atoms with Gasteiger partial charge < -0.3 is 19.1 Å². The van der Waals surface area contributed by atoms with Crippen LogP contribution in [-0.4, -0.2) is 98.2 Å². The van der Waals surface area contributed by atoms with Crippen molar-refractivity contribution in [2.24, 2.45) is 0 Å². The van der Waals surface area contributed by atoms with E-state index >= 15 is 0 Å². The van der Waals surface area contributed by atoms with Crippen molar-refractivity contribution in [3.8, 4) is 5.75 Å². The van der Waals surface area contributed by atoms with Gasteiger partial charge in [0.25, 0.3) is 0 Å². The zero-order chi connectivity index (χ0) is 21.4. The topological polar surface area (TPSA) is 54.5 Å². The normalized spacial score (nSPS) is 24.4. The zero-order valence-corrected chi connectivity index (χ0v) is 16.9. The van der Waals surface area contributed by atoms with E-state index in [1.165, 1.54) is 19.2 Å².